The van der Waals surface area contributed by atoms with Gasteiger partial charge < -0.3 is 4.90 Å². The van der Waals surface area contributed by atoms with E-state index in [4.69, 9.17) is 11.6 Å². The van der Waals surface area contributed by atoms with Crippen molar-refractivity contribution in [2.24, 2.45) is 0 Å². The summed E-state index contributed by atoms with van der Waals surface area (Å²) in [5.41, 5.74) is 1.20. The molecule has 8 nitrogen and oxygen atoms in total. The van der Waals surface area contributed by atoms with Crippen molar-refractivity contribution in [3.8, 4) is 0 Å². The predicted octanol–water partition coefficient (Wildman–Crippen LogP) is 3.79. The van der Waals surface area contributed by atoms with E-state index < -0.39 is 16.2 Å². The number of hydrogen-bond donors (Lipinski definition) is 0. The lowest BCUT2D eigenvalue weighted by Gasteiger charge is -2.19. The molecule has 0 fully saturated rings. The molecule has 0 radical (unpaired) electrons. The fraction of sp³-hybridized carbons (Fsp3) is 0.278. The van der Waals surface area contributed by atoms with Crippen molar-refractivity contribution >= 4 is 46.3 Å². The van der Waals surface area contributed by atoms with E-state index in [0.717, 1.165) is 29.6 Å². The van der Waals surface area contributed by atoms with Gasteiger partial charge in [-0.05, 0) is 18.2 Å². The number of nitro benzene ring substituents is 1. The van der Waals surface area contributed by atoms with E-state index in [0.29, 0.717) is 22.8 Å². The SMILES string of the molecule is CC1(C)CN(C(=O)CCl)c2cc(Sc3ccc(F)cc3[N+](=O)[O-])c3ncnn3c21. The molecule has 0 saturated heterocycles. The summed E-state index contributed by atoms with van der Waals surface area (Å²) in [4.78, 5) is 29.8. The van der Waals surface area contributed by atoms with Crippen LogP contribution >= 0.6 is 23.4 Å². The van der Waals surface area contributed by atoms with E-state index in [1.807, 2.05) is 13.8 Å². The van der Waals surface area contributed by atoms with E-state index in [-0.39, 0.29) is 22.4 Å². The van der Waals surface area contributed by atoms with Gasteiger partial charge in [-0.3, -0.25) is 14.9 Å². The number of carbonyl (C=O) groups is 1. The van der Waals surface area contributed by atoms with Gasteiger partial charge in [0, 0.05) is 12.0 Å². The summed E-state index contributed by atoms with van der Waals surface area (Å²) in [5.74, 6) is -1.11. The number of nitro groups is 1. The van der Waals surface area contributed by atoms with Crippen molar-refractivity contribution < 1.29 is 14.1 Å². The van der Waals surface area contributed by atoms with Crippen molar-refractivity contribution in [2.75, 3.05) is 17.3 Å². The highest BCUT2D eigenvalue weighted by Gasteiger charge is 2.41. The Kier molecular flexibility index (Phi) is 4.70. The lowest BCUT2D eigenvalue weighted by molar-refractivity contribution is -0.387. The number of pyridine rings is 1. The monoisotopic (exact) mass is 435 g/mol. The Morgan fingerprint density at radius 1 is 1.38 bits per heavy atom. The molecule has 29 heavy (non-hydrogen) atoms. The smallest absolute Gasteiger partial charge is 0.286 e. The van der Waals surface area contributed by atoms with E-state index >= 15 is 0 Å². The summed E-state index contributed by atoms with van der Waals surface area (Å²) in [6.07, 6.45) is 1.39. The molecule has 0 spiro atoms. The van der Waals surface area contributed by atoms with Crippen LogP contribution in [0.1, 0.15) is 19.5 Å². The van der Waals surface area contributed by atoms with Crippen LogP contribution in [0.25, 0.3) is 5.65 Å². The summed E-state index contributed by atoms with van der Waals surface area (Å²) in [7, 11) is 0. The maximum Gasteiger partial charge on any atom is 0.286 e. The van der Waals surface area contributed by atoms with Crippen LogP contribution in [-0.4, -0.2) is 37.9 Å². The van der Waals surface area contributed by atoms with Gasteiger partial charge in [-0.1, -0.05) is 25.6 Å². The molecule has 0 saturated carbocycles. The molecule has 0 bridgehead atoms. The maximum absolute atomic E-state index is 13.5. The molecule has 0 atom stereocenters. The van der Waals surface area contributed by atoms with Gasteiger partial charge in [0.05, 0.1) is 32.2 Å². The summed E-state index contributed by atoms with van der Waals surface area (Å²) >= 11 is 6.86. The van der Waals surface area contributed by atoms with Gasteiger partial charge >= 0.3 is 0 Å². The van der Waals surface area contributed by atoms with E-state index in [9.17, 15) is 19.3 Å². The Balaban J connectivity index is 1.91. The molecule has 0 aliphatic carbocycles. The molecule has 1 aromatic carbocycles. The lowest BCUT2D eigenvalue weighted by Crippen LogP contribution is -2.34. The number of benzene rings is 1. The van der Waals surface area contributed by atoms with E-state index in [2.05, 4.69) is 10.1 Å². The fourth-order valence-corrected chi connectivity index (χ4v) is 4.70. The average Bonchev–Trinajstić information content (AvgIpc) is 3.25. The van der Waals surface area contributed by atoms with Crippen LogP contribution in [0.5, 0.6) is 0 Å². The van der Waals surface area contributed by atoms with Crippen LogP contribution < -0.4 is 4.90 Å². The minimum absolute atomic E-state index is 0.170. The highest BCUT2D eigenvalue weighted by molar-refractivity contribution is 7.99. The van der Waals surface area contributed by atoms with Crippen molar-refractivity contribution in [3.63, 3.8) is 0 Å². The first-order valence-corrected chi connectivity index (χ1v) is 9.93. The Morgan fingerprint density at radius 3 is 2.83 bits per heavy atom. The van der Waals surface area contributed by atoms with Crippen LogP contribution in [0.15, 0.2) is 40.4 Å². The van der Waals surface area contributed by atoms with Crippen LogP contribution in [0.2, 0.25) is 0 Å². The van der Waals surface area contributed by atoms with Crippen LogP contribution in [0.3, 0.4) is 0 Å². The molecule has 3 aromatic rings. The van der Waals surface area contributed by atoms with E-state index in [1.165, 1.54) is 12.4 Å². The Labute approximate surface area is 173 Å². The molecular formula is C18H15ClFN5O3S. The zero-order chi connectivity index (χ0) is 20.9. The van der Waals surface area contributed by atoms with Gasteiger partial charge in [0.15, 0.2) is 5.65 Å². The summed E-state index contributed by atoms with van der Waals surface area (Å²) in [6, 6.07) is 5.15. The van der Waals surface area contributed by atoms with Crippen LogP contribution in [0.4, 0.5) is 15.8 Å². The zero-order valence-electron chi connectivity index (χ0n) is 15.4. The molecule has 1 aliphatic rings. The van der Waals surface area contributed by atoms with Gasteiger partial charge in [-0.25, -0.2) is 13.9 Å². The number of alkyl halides is 1. The predicted molar refractivity (Wildman–Crippen MR) is 106 cm³/mol. The molecule has 3 heterocycles. The third kappa shape index (κ3) is 3.22. The molecule has 1 aliphatic heterocycles. The molecular weight excluding hydrogens is 421 g/mol. The Hall–Kier alpha value is -2.72. The Morgan fingerprint density at radius 2 is 2.14 bits per heavy atom. The van der Waals surface area contributed by atoms with Gasteiger partial charge in [0.2, 0.25) is 5.91 Å². The second kappa shape index (κ2) is 6.96. The highest BCUT2D eigenvalue weighted by atomic mass is 35.5. The highest BCUT2D eigenvalue weighted by Crippen LogP contribution is 2.45. The number of carbonyl (C=O) groups excluding carboxylic acids is 1. The molecule has 11 heteroatoms. The summed E-state index contributed by atoms with van der Waals surface area (Å²) < 4.78 is 15.1. The second-order valence-electron chi connectivity index (χ2n) is 7.21. The number of rotatable bonds is 4. The first-order valence-electron chi connectivity index (χ1n) is 8.58. The van der Waals surface area contributed by atoms with Gasteiger partial charge in [-0.15, -0.1) is 11.6 Å². The van der Waals surface area contributed by atoms with E-state index in [1.54, 1.807) is 15.5 Å². The second-order valence-corrected chi connectivity index (χ2v) is 8.56. The lowest BCUT2D eigenvalue weighted by atomic mass is 9.91. The van der Waals surface area contributed by atoms with Gasteiger partial charge in [0.25, 0.3) is 5.69 Å². The third-order valence-corrected chi connectivity index (χ3v) is 6.04. The normalized spacial score (nSPS) is 15.0. The summed E-state index contributed by atoms with van der Waals surface area (Å²) in [6.45, 7) is 4.41. The number of fused-ring (bicyclic) bond motifs is 3. The summed E-state index contributed by atoms with van der Waals surface area (Å²) in [5, 5.41) is 15.7. The van der Waals surface area contributed by atoms with Gasteiger partial charge in [-0.2, -0.15) is 5.10 Å². The largest absolute Gasteiger partial charge is 0.309 e. The average molecular weight is 436 g/mol. The Bertz CT molecular complexity index is 1170. The molecule has 0 N–H and O–H groups in total. The number of nitrogens with zero attached hydrogens (tertiary/aromatic N) is 5. The first-order chi connectivity index (χ1) is 13.7. The number of amides is 1. The molecule has 0 unspecified atom stereocenters. The third-order valence-electron chi connectivity index (χ3n) is 4.73. The number of hydrogen-bond acceptors (Lipinski definition) is 6. The minimum atomic E-state index is -0.691. The van der Waals surface area contributed by atoms with Gasteiger partial charge in [0.1, 0.15) is 18.0 Å². The quantitative estimate of drug-likeness (QED) is 0.351. The number of aromatic nitrogens is 3. The van der Waals surface area contributed by atoms with Crippen LogP contribution in [0, 0.1) is 15.9 Å². The van der Waals surface area contributed by atoms with Crippen molar-refractivity contribution in [2.45, 2.75) is 29.1 Å². The fourth-order valence-electron chi connectivity index (χ4n) is 3.54. The molecule has 2 aromatic heterocycles. The maximum atomic E-state index is 13.5. The van der Waals surface area contributed by atoms with Crippen molar-refractivity contribution in [3.05, 3.63) is 52.2 Å². The van der Waals surface area contributed by atoms with Crippen molar-refractivity contribution in [1.82, 2.24) is 14.6 Å². The van der Waals surface area contributed by atoms with Crippen molar-refractivity contribution in [1.29, 1.82) is 0 Å². The zero-order valence-corrected chi connectivity index (χ0v) is 17.0. The molecule has 4 rings (SSSR count). The number of halogens is 2. The van der Waals surface area contributed by atoms with Crippen LogP contribution in [-0.2, 0) is 10.2 Å². The first kappa shape index (κ1) is 19.6. The standard InChI is InChI=1S/C18H15ClFN5O3S/c1-18(2)8-23(15(26)7-19)12-6-14(17-21-9-22-24(17)16(12)18)29-13-4-3-10(20)5-11(13)25(27)28/h3-6,9H,7-8H2,1-2H3. The minimum Gasteiger partial charge on any atom is -0.309 e. The molecule has 150 valence electrons. The topological polar surface area (TPSA) is 93.6 Å². The number of anilines is 1. The molecule has 1 amide bonds.